The van der Waals surface area contributed by atoms with Crippen LogP contribution in [0.3, 0.4) is 0 Å². The molecule has 3 aromatic rings. The lowest BCUT2D eigenvalue weighted by Gasteiger charge is -2.16. The fourth-order valence-electron chi connectivity index (χ4n) is 2.79. The number of methoxy groups -OCH3 is 1. The van der Waals surface area contributed by atoms with E-state index in [1.807, 2.05) is 6.92 Å². The molecule has 32 heavy (non-hydrogen) atoms. The van der Waals surface area contributed by atoms with Gasteiger partial charge < -0.3 is 14.8 Å². The number of sulfonamides is 1. The summed E-state index contributed by atoms with van der Waals surface area (Å²) in [6, 6.07) is 17.7. The molecule has 7 nitrogen and oxygen atoms in total. The van der Waals surface area contributed by atoms with Crippen molar-refractivity contribution >= 4 is 38.9 Å². The molecule has 0 aliphatic rings. The van der Waals surface area contributed by atoms with Crippen LogP contribution in [0.1, 0.15) is 12.5 Å². The topological polar surface area (TPSA) is 93.7 Å². The first kappa shape index (κ1) is 23.4. The van der Waals surface area contributed by atoms with Crippen molar-refractivity contribution in [1.82, 2.24) is 0 Å². The summed E-state index contributed by atoms with van der Waals surface area (Å²) in [7, 11) is -2.29. The van der Waals surface area contributed by atoms with E-state index in [1.54, 1.807) is 49.4 Å². The third kappa shape index (κ3) is 5.72. The summed E-state index contributed by atoms with van der Waals surface area (Å²) >= 11 is 6.06. The molecule has 168 valence electrons. The third-order valence-corrected chi connectivity index (χ3v) is 6.40. The zero-order chi connectivity index (χ0) is 23.3. The maximum atomic E-state index is 12.6. The predicted octanol–water partition coefficient (Wildman–Crippen LogP) is 4.86. The number of hydrogen-bond donors (Lipinski definition) is 2. The first-order valence-electron chi connectivity index (χ1n) is 9.69. The van der Waals surface area contributed by atoms with E-state index < -0.39 is 16.1 Å². The zero-order valence-electron chi connectivity index (χ0n) is 17.8. The van der Waals surface area contributed by atoms with E-state index >= 15 is 0 Å². The normalized spacial score (nSPS) is 12.0. The summed E-state index contributed by atoms with van der Waals surface area (Å²) in [6.45, 7) is 3.44. The number of carbonyl (C=O) groups excluding carboxylic acids is 1. The fourth-order valence-corrected chi connectivity index (χ4v) is 4.02. The van der Waals surface area contributed by atoms with Gasteiger partial charge in [0, 0.05) is 10.7 Å². The van der Waals surface area contributed by atoms with Crippen molar-refractivity contribution in [2.75, 3.05) is 17.1 Å². The van der Waals surface area contributed by atoms with Crippen LogP contribution in [0.2, 0.25) is 5.02 Å². The average molecular weight is 475 g/mol. The Morgan fingerprint density at radius 3 is 2.22 bits per heavy atom. The second kappa shape index (κ2) is 9.93. The first-order valence-corrected chi connectivity index (χ1v) is 11.6. The number of halogens is 1. The van der Waals surface area contributed by atoms with Crippen LogP contribution in [-0.4, -0.2) is 27.5 Å². The van der Waals surface area contributed by atoms with E-state index in [4.69, 9.17) is 21.1 Å². The Bertz CT molecular complexity index is 1210. The van der Waals surface area contributed by atoms with Crippen molar-refractivity contribution in [2.24, 2.45) is 0 Å². The van der Waals surface area contributed by atoms with Crippen molar-refractivity contribution < 1.29 is 22.7 Å². The van der Waals surface area contributed by atoms with E-state index in [0.717, 1.165) is 5.56 Å². The SMILES string of the molecule is COc1ccccc1O[C@H](C)C(=O)Nc1ccc(S(=O)(=O)Nc2ccc(C)c(Cl)c2)cc1. The minimum Gasteiger partial charge on any atom is -0.493 e. The number of nitrogens with one attached hydrogen (secondary N) is 2. The van der Waals surface area contributed by atoms with Gasteiger partial charge in [-0.05, 0) is 67.9 Å². The highest BCUT2D eigenvalue weighted by atomic mass is 35.5. The highest BCUT2D eigenvalue weighted by Gasteiger charge is 2.18. The average Bonchev–Trinajstić information content (AvgIpc) is 2.77. The molecule has 0 aliphatic heterocycles. The maximum Gasteiger partial charge on any atom is 0.265 e. The molecule has 0 aliphatic carbocycles. The molecule has 0 radical (unpaired) electrons. The molecular formula is C23H23ClN2O5S. The molecule has 0 bridgehead atoms. The van der Waals surface area contributed by atoms with Crippen molar-refractivity contribution in [1.29, 1.82) is 0 Å². The Morgan fingerprint density at radius 1 is 0.969 bits per heavy atom. The van der Waals surface area contributed by atoms with Gasteiger partial charge in [-0.3, -0.25) is 9.52 Å². The molecular weight excluding hydrogens is 452 g/mol. The molecule has 3 rings (SSSR count). The Labute approximate surface area is 192 Å². The van der Waals surface area contributed by atoms with Gasteiger partial charge in [0.1, 0.15) is 0 Å². The largest absolute Gasteiger partial charge is 0.493 e. The molecule has 0 unspecified atom stereocenters. The standard InChI is InChI=1S/C23H23ClN2O5S/c1-15-8-9-18(14-20(15)24)26-32(28,29)19-12-10-17(11-13-19)25-23(27)16(2)31-22-7-5-4-6-21(22)30-3/h4-14,16,26H,1-3H3,(H,25,27)/t16-/m1/s1. The number of anilines is 2. The Balaban J connectivity index is 1.65. The molecule has 3 aromatic carbocycles. The summed E-state index contributed by atoms with van der Waals surface area (Å²) in [5, 5.41) is 3.17. The first-order chi connectivity index (χ1) is 15.2. The molecule has 2 N–H and O–H groups in total. The number of rotatable bonds is 8. The van der Waals surface area contributed by atoms with Crippen LogP contribution in [0, 0.1) is 6.92 Å². The number of aryl methyl sites for hydroxylation is 1. The maximum absolute atomic E-state index is 12.6. The van der Waals surface area contributed by atoms with Crippen molar-refractivity contribution in [3.05, 3.63) is 77.3 Å². The third-order valence-electron chi connectivity index (χ3n) is 4.60. The highest BCUT2D eigenvalue weighted by Crippen LogP contribution is 2.27. The summed E-state index contributed by atoms with van der Waals surface area (Å²) in [4.78, 5) is 12.5. The number of para-hydroxylation sites is 2. The summed E-state index contributed by atoms with van der Waals surface area (Å²) in [6.07, 6.45) is -0.803. The van der Waals surface area contributed by atoms with E-state index in [9.17, 15) is 13.2 Å². The molecule has 0 fully saturated rings. The predicted molar refractivity (Wildman–Crippen MR) is 125 cm³/mol. The van der Waals surface area contributed by atoms with Crippen LogP contribution in [0.15, 0.2) is 71.6 Å². The van der Waals surface area contributed by atoms with Crippen LogP contribution in [0.25, 0.3) is 0 Å². The Hall–Kier alpha value is -3.23. The molecule has 0 saturated heterocycles. The molecule has 0 saturated carbocycles. The van der Waals surface area contributed by atoms with Crippen LogP contribution >= 0.6 is 11.6 Å². The second-order valence-corrected chi connectivity index (χ2v) is 9.08. The van der Waals surface area contributed by atoms with Crippen molar-refractivity contribution in [3.63, 3.8) is 0 Å². The van der Waals surface area contributed by atoms with Crippen LogP contribution in [0.5, 0.6) is 11.5 Å². The summed E-state index contributed by atoms with van der Waals surface area (Å²) in [5.74, 6) is 0.574. The van der Waals surface area contributed by atoms with E-state index in [-0.39, 0.29) is 10.8 Å². The molecule has 0 aromatic heterocycles. The highest BCUT2D eigenvalue weighted by molar-refractivity contribution is 7.92. The zero-order valence-corrected chi connectivity index (χ0v) is 19.3. The Morgan fingerprint density at radius 2 is 1.59 bits per heavy atom. The lowest BCUT2D eigenvalue weighted by atomic mass is 10.2. The van der Waals surface area contributed by atoms with Gasteiger partial charge in [0.15, 0.2) is 17.6 Å². The smallest absolute Gasteiger partial charge is 0.265 e. The van der Waals surface area contributed by atoms with Gasteiger partial charge in [-0.2, -0.15) is 0 Å². The van der Waals surface area contributed by atoms with Gasteiger partial charge >= 0.3 is 0 Å². The van der Waals surface area contributed by atoms with Gasteiger partial charge in [-0.25, -0.2) is 8.42 Å². The molecule has 0 heterocycles. The number of amides is 1. The van der Waals surface area contributed by atoms with Gasteiger partial charge in [0.05, 0.1) is 17.7 Å². The van der Waals surface area contributed by atoms with Gasteiger partial charge in [-0.1, -0.05) is 29.8 Å². The minimum absolute atomic E-state index is 0.0468. The van der Waals surface area contributed by atoms with Gasteiger partial charge in [0.25, 0.3) is 15.9 Å². The quantitative estimate of drug-likeness (QED) is 0.486. The van der Waals surface area contributed by atoms with Gasteiger partial charge in [-0.15, -0.1) is 0 Å². The molecule has 0 spiro atoms. The van der Waals surface area contributed by atoms with E-state index in [1.165, 1.54) is 31.4 Å². The van der Waals surface area contributed by atoms with E-state index in [0.29, 0.717) is 27.9 Å². The Kier molecular flexibility index (Phi) is 7.27. The van der Waals surface area contributed by atoms with E-state index in [2.05, 4.69) is 10.0 Å². The number of benzene rings is 3. The lowest BCUT2D eigenvalue weighted by Crippen LogP contribution is -2.30. The summed E-state index contributed by atoms with van der Waals surface area (Å²) in [5.41, 5.74) is 1.64. The van der Waals surface area contributed by atoms with Crippen LogP contribution < -0.4 is 19.5 Å². The number of carbonyl (C=O) groups is 1. The van der Waals surface area contributed by atoms with Crippen LogP contribution in [-0.2, 0) is 14.8 Å². The van der Waals surface area contributed by atoms with Gasteiger partial charge in [0.2, 0.25) is 0 Å². The second-order valence-electron chi connectivity index (χ2n) is 6.99. The molecule has 9 heteroatoms. The monoisotopic (exact) mass is 474 g/mol. The molecule has 1 amide bonds. The number of ether oxygens (including phenoxy) is 2. The lowest BCUT2D eigenvalue weighted by molar-refractivity contribution is -0.122. The van der Waals surface area contributed by atoms with Crippen molar-refractivity contribution in [3.8, 4) is 11.5 Å². The fraction of sp³-hybridized carbons (Fsp3) is 0.174. The molecule has 1 atom stereocenters. The summed E-state index contributed by atoms with van der Waals surface area (Å²) < 4.78 is 38.6. The minimum atomic E-state index is -3.81. The van der Waals surface area contributed by atoms with Crippen LogP contribution in [0.4, 0.5) is 11.4 Å². The number of hydrogen-bond acceptors (Lipinski definition) is 5. The van der Waals surface area contributed by atoms with Crippen molar-refractivity contribution in [2.45, 2.75) is 24.8 Å².